The Hall–Kier alpha value is -3.64. The van der Waals surface area contributed by atoms with Gasteiger partial charge in [-0.25, -0.2) is 0 Å². The molecule has 1 saturated heterocycles. The molecular formula is C25H24N2O4. The van der Waals surface area contributed by atoms with E-state index in [0.29, 0.717) is 43.3 Å². The highest BCUT2D eigenvalue weighted by molar-refractivity contribution is 5.96. The van der Waals surface area contributed by atoms with Crippen molar-refractivity contribution in [3.8, 4) is 16.9 Å². The van der Waals surface area contributed by atoms with Gasteiger partial charge in [-0.05, 0) is 47.5 Å². The first kappa shape index (κ1) is 20.6. The van der Waals surface area contributed by atoms with Crippen LogP contribution >= 0.6 is 0 Å². The number of hydrogen-bond donors (Lipinski definition) is 1. The minimum atomic E-state index is -0.264. The molecule has 6 heteroatoms. The lowest BCUT2D eigenvalue weighted by molar-refractivity contribution is -0.118. The molecule has 4 rings (SSSR count). The second-order valence-corrected chi connectivity index (χ2v) is 7.21. The van der Waals surface area contributed by atoms with Gasteiger partial charge >= 0.3 is 0 Å². The SMILES string of the molecule is O=C(COc1ccc(-c2ccccc2)cc1)Nc1ccc(C(=O)N2CCOCC2)cc1. The van der Waals surface area contributed by atoms with Gasteiger partial charge in [0, 0.05) is 24.3 Å². The summed E-state index contributed by atoms with van der Waals surface area (Å²) in [4.78, 5) is 26.5. The van der Waals surface area contributed by atoms with Gasteiger partial charge in [0.05, 0.1) is 13.2 Å². The Morgan fingerprint density at radius 3 is 2.16 bits per heavy atom. The third-order valence-electron chi connectivity index (χ3n) is 5.05. The number of anilines is 1. The molecule has 0 aliphatic carbocycles. The van der Waals surface area contributed by atoms with Crippen molar-refractivity contribution in [1.82, 2.24) is 4.90 Å². The number of hydrogen-bond acceptors (Lipinski definition) is 4. The van der Waals surface area contributed by atoms with Gasteiger partial charge in [-0.2, -0.15) is 0 Å². The van der Waals surface area contributed by atoms with E-state index in [4.69, 9.17) is 9.47 Å². The third kappa shape index (κ3) is 5.49. The first-order valence-electron chi connectivity index (χ1n) is 10.2. The number of nitrogens with one attached hydrogen (secondary N) is 1. The van der Waals surface area contributed by atoms with Gasteiger partial charge in [0.25, 0.3) is 11.8 Å². The van der Waals surface area contributed by atoms with Gasteiger partial charge in [0.15, 0.2) is 6.61 Å². The van der Waals surface area contributed by atoms with Crippen LogP contribution in [0.4, 0.5) is 5.69 Å². The van der Waals surface area contributed by atoms with Crippen molar-refractivity contribution in [1.29, 1.82) is 0 Å². The lowest BCUT2D eigenvalue weighted by Crippen LogP contribution is -2.40. The van der Waals surface area contributed by atoms with E-state index in [2.05, 4.69) is 5.32 Å². The fourth-order valence-corrected chi connectivity index (χ4v) is 3.37. The summed E-state index contributed by atoms with van der Waals surface area (Å²) in [5.74, 6) is 0.337. The molecular weight excluding hydrogens is 392 g/mol. The predicted molar refractivity (Wildman–Crippen MR) is 119 cm³/mol. The van der Waals surface area contributed by atoms with Gasteiger partial charge in [0.2, 0.25) is 0 Å². The molecule has 0 bridgehead atoms. The Kier molecular flexibility index (Phi) is 6.59. The highest BCUT2D eigenvalue weighted by atomic mass is 16.5. The van der Waals surface area contributed by atoms with E-state index in [1.807, 2.05) is 54.6 Å². The van der Waals surface area contributed by atoms with Crippen molar-refractivity contribution in [3.05, 3.63) is 84.4 Å². The lowest BCUT2D eigenvalue weighted by Gasteiger charge is -2.26. The van der Waals surface area contributed by atoms with E-state index in [-0.39, 0.29) is 18.4 Å². The fourth-order valence-electron chi connectivity index (χ4n) is 3.37. The fraction of sp³-hybridized carbons (Fsp3) is 0.200. The molecule has 1 aliphatic heterocycles. The molecule has 1 heterocycles. The van der Waals surface area contributed by atoms with E-state index in [1.54, 1.807) is 29.2 Å². The second-order valence-electron chi connectivity index (χ2n) is 7.21. The average molecular weight is 416 g/mol. The minimum absolute atomic E-state index is 0.0246. The van der Waals surface area contributed by atoms with Crippen LogP contribution in [0.3, 0.4) is 0 Å². The van der Waals surface area contributed by atoms with E-state index >= 15 is 0 Å². The zero-order valence-electron chi connectivity index (χ0n) is 17.1. The van der Waals surface area contributed by atoms with Crippen LogP contribution in [0.25, 0.3) is 11.1 Å². The Morgan fingerprint density at radius 1 is 0.839 bits per heavy atom. The van der Waals surface area contributed by atoms with Crippen molar-refractivity contribution in [3.63, 3.8) is 0 Å². The van der Waals surface area contributed by atoms with E-state index in [0.717, 1.165) is 11.1 Å². The van der Waals surface area contributed by atoms with Crippen molar-refractivity contribution < 1.29 is 19.1 Å². The highest BCUT2D eigenvalue weighted by Gasteiger charge is 2.18. The topological polar surface area (TPSA) is 67.9 Å². The number of benzene rings is 3. The van der Waals surface area contributed by atoms with Crippen molar-refractivity contribution in [2.45, 2.75) is 0 Å². The number of morpholine rings is 1. The van der Waals surface area contributed by atoms with E-state index < -0.39 is 0 Å². The van der Waals surface area contributed by atoms with Crippen LogP contribution in [0, 0.1) is 0 Å². The summed E-state index contributed by atoms with van der Waals surface area (Å²) >= 11 is 0. The van der Waals surface area contributed by atoms with Crippen LogP contribution in [-0.4, -0.2) is 49.6 Å². The zero-order chi connectivity index (χ0) is 21.5. The Labute approximate surface area is 181 Å². The molecule has 1 N–H and O–H groups in total. The largest absolute Gasteiger partial charge is 0.484 e. The Bertz CT molecular complexity index is 1010. The van der Waals surface area contributed by atoms with Gasteiger partial charge in [0.1, 0.15) is 5.75 Å². The molecule has 31 heavy (non-hydrogen) atoms. The molecule has 1 fully saturated rings. The number of carbonyl (C=O) groups is 2. The summed E-state index contributed by atoms with van der Waals surface area (Å²) in [6, 6.07) is 24.6. The van der Waals surface area contributed by atoms with E-state index in [1.165, 1.54) is 0 Å². The molecule has 0 unspecified atom stereocenters. The summed E-state index contributed by atoms with van der Waals surface area (Å²) in [5.41, 5.74) is 3.42. The molecule has 0 aromatic heterocycles. The van der Waals surface area contributed by atoms with Crippen molar-refractivity contribution in [2.75, 3.05) is 38.2 Å². The van der Waals surface area contributed by atoms with Crippen LogP contribution in [0.15, 0.2) is 78.9 Å². The van der Waals surface area contributed by atoms with Crippen LogP contribution in [0.5, 0.6) is 5.75 Å². The molecule has 2 amide bonds. The molecule has 3 aromatic rings. The maximum atomic E-state index is 12.5. The first-order valence-corrected chi connectivity index (χ1v) is 10.2. The van der Waals surface area contributed by atoms with Gasteiger partial charge in [-0.1, -0.05) is 42.5 Å². The summed E-state index contributed by atoms with van der Waals surface area (Å²) in [6.07, 6.45) is 0. The first-order chi connectivity index (χ1) is 15.2. The molecule has 6 nitrogen and oxygen atoms in total. The highest BCUT2D eigenvalue weighted by Crippen LogP contribution is 2.22. The summed E-state index contributed by atoms with van der Waals surface area (Å²) in [5, 5.41) is 2.79. The molecule has 0 radical (unpaired) electrons. The monoisotopic (exact) mass is 416 g/mol. The van der Waals surface area contributed by atoms with Crippen molar-refractivity contribution in [2.24, 2.45) is 0 Å². The third-order valence-corrected chi connectivity index (χ3v) is 5.05. The molecule has 158 valence electrons. The summed E-state index contributed by atoms with van der Waals surface area (Å²) < 4.78 is 10.9. The maximum absolute atomic E-state index is 12.5. The number of amides is 2. The molecule has 0 saturated carbocycles. The molecule has 1 aliphatic rings. The number of ether oxygens (including phenoxy) is 2. The Morgan fingerprint density at radius 2 is 1.48 bits per heavy atom. The van der Waals surface area contributed by atoms with Crippen LogP contribution in [0.1, 0.15) is 10.4 Å². The number of rotatable bonds is 6. The van der Waals surface area contributed by atoms with Gasteiger partial charge in [-0.3, -0.25) is 9.59 Å². The van der Waals surface area contributed by atoms with E-state index in [9.17, 15) is 9.59 Å². The average Bonchev–Trinajstić information content (AvgIpc) is 2.84. The Balaban J connectivity index is 1.27. The van der Waals surface area contributed by atoms with Gasteiger partial charge in [-0.15, -0.1) is 0 Å². The van der Waals surface area contributed by atoms with Crippen molar-refractivity contribution >= 4 is 17.5 Å². The number of carbonyl (C=O) groups excluding carboxylic acids is 2. The minimum Gasteiger partial charge on any atom is -0.484 e. The molecule has 0 spiro atoms. The summed E-state index contributed by atoms with van der Waals surface area (Å²) in [6.45, 7) is 2.23. The second kappa shape index (κ2) is 9.91. The lowest BCUT2D eigenvalue weighted by atomic mass is 10.1. The summed E-state index contributed by atoms with van der Waals surface area (Å²) in [7, 11) is 0. The van der Waals surface area contributed by atoms with Gasteiger partial charge < -0.3 is 19.7 Å². The number of nitrogens with zero attached hydrogens (tertiary/aromatic N) is 1. The van der Waals surface area contributed by atoms with Crippen LogP contribution in [0.2, 0.25) is 0 Å². The molecule has 0 atom stereocenters. The standard InChI is InChI=1S/C25H24N2O4/c28-24(18-31-23-12-8-20(9-13-23)19-4-2-1-3-5-19)26-22-10-6-21(7-11-22)25(29)27-14-16-30-17-15-27/h1-13H,14-18H2,(H,26,28). The normalized spacial score (nSPS) is 13.5. The van der Waals surface area contributed by atoms with Crippen LogP contribution < -0.4 is 10.1 Å². The predicted octanol–water partition coefficient (Wildman–Crippen LogP) is 3.84. The maximum Gasteiger partial charge on any atom is 0.262 e. The zero-order valence-corrected chi connectivity index (χ0v) is 17.1. The quantitative estimate of drug-likeness (QED) is 0.663. The van der Waals surface area contributed by atoms with Crippen LogP contribution in [-0.2, 0) is 9.53 Å². The molecule has 3 aromatic carbocycles. The smallest absolute Gasteiger partial charge is 0.262 e.